The Kier molecular flexibility index (Phi) is 7.12. The van der Waals surface area contributed by atoms with E-state index in [1.54, 1.807) is 23.0 Å². The molecule has 0 aliphatic heterocycles. The lowest BCUT2D eigenvalue weighted by molar-refractivity contribution is -0.118. The number of pyridine rings is 1. The summed E-state index contributed by atoms with van der Waals surface area (Å²) in [6.07, 6.45) is 3.33. The third-order valence-corrected chi connectivity index (χ3v) is 5.98. The monoisotopic (exact) mass is 474 g/mol. The first-order valence-electron chi connectivity index (χ1n) is 11.0. The van der Waals surface area contributed by atoms with Crippen LogP contribution < -0.4 is 10.6 Å². The molecule has 0 aliphatic rings. The van der Waals surface area contributed by atoms with E-state index in [0.717, 1.165) is 35.5 Å². The number of amides is 2. The topological polar surface area (TPSA) is 102 Å². The summed E-state index contributed by atoms with van der Waals surface area (Å²) in [6, 6.07) is 13.7. The van der Waals surface area contributed by atoms with Gasteiger partial charge in [0.05, 0.1) is 17.0 Å². The number of benzene rings is 1. The molecule has 0 radical (unpaired) electrons. The van der Waals surface area contributed by atoms with Crippen LogP contribution in [0.3, 0.4) is 0 Å². The fourth-order valence-electron chi connectivity index (χ4n) is 3.54. The van der Waals surface area contributed by atoms with Gasteiger partial charge < -0.3 is 5.32 Å². The molecule has 0 spiro atoms. The predicted molar refractivity (Wildman–Crippen MR) is 133 cm³/mol. The lowest BCUT2D eigenvalue weighted by atomic mass is 10.1. The highest BCUT2D eigenvalue weighted by atomic mass is 32.1. The van der Waals surface area contributed by atoms with Crippen molar-refractivity contribution < 1.29 is 9.59 Å². The Morgan fingerprint density at radius 2 is 1.88 bits per heavy atom. The van der Waals surface area contributed by atoms with Crippen molar-refractivity contribution in [3.05, 3.63) is 76.6 Å². The first-order valence-corrected chi connectivity index (χ1v) is 11.9. The van der Waals surface area contributed by atoms with Crippen LogP contribution in [0.4, 0.5) is 5.13 Å². The number of carbonyl (C=O) groups excluding carboxylic acids is 2. The van der Waals surface area contributed by atoms with E-state index in [0.29, 0.717) is 23.1 Å². The molecule has 9 heteroatoms. The number of aryl methyl sites for hydroxylation is 3. The second-order valence-electron chi connectivity index (χ2n) is 8.02. The number of aromatic nitrogens is 4. The van der Waals surface area contributed by atoms with E-state index in [1.807, 2.05) is 37.4 Å². The van der Waals surface area contributed by atoms with E-state index in [-0.39, 0.29) is 11.8 Å². The molecule has 4 rings (SSSR count). The quantitative estimate of drug-likeness (QED) is 0.370. The molecule has 8 nitrogen and oxygen atoms in total. The first kappa shape index (κ1) is 23.3. The molecule has 34 heavy (non-hydrogen) atoms. The molecule has 1 aromatic carbocycles. The normalized spacial score (nSPS) is 10.8. The van der Waals surface area contributed by atoms with Crippen LogP contribution in [-0.2, 0) is 11.2 Å². The summed E-state index contributed by atoms with van der Waals surface area (Å²) in [6.45, 7) is 6.09. The van der Waals surface area contributed by atoms with Crippen molar-refractivity contribution in [3.8, 4) is 17.1 Å². The molecule has 0 saturated heterocycles. The van der Waals surface area contributed by atoms with Crippen molar-refractivity contribution in [1.29, 1.82) is 0 Å². The largest absolute Gasteiger partial charge is 0.356 e. The van der Waals surface area contributed by atoms with Crippen LogP contribution >= 0.6 is 11.3 Å². The summed E-state index contributed by atoms with van der Waals surface area (Å²) in [5.74, 6) is 0.398. The highest BCUT2D eigenvalue weighted by Gasteiger charge is 2.12. The van der Waals surface area contributed by atoms with Crippen LogP contribution in [0.2, 0.25) is 0 Å². The Balaban J connectivity index is 1.35. The minimum atomic E-state index is -0.261. The first-order chi connectivity index (χ1) is 16.4. The number of rotatable bonds is 8. The summed E-state index contributed by atoms with van der Waals surface area (Å²) in [5.41, 5.74) is 5.34. The maximum Gasteiger partial charge on any atom is 0.259 e. The Bertz CT molecular complexity index is 1290. The molecule has 0 unspecified atom stereocenters. The molecule has 0 saturated carbocycles. The molecule has 3 aromatic heterocycles. The summed E-state index contributed by atoms with van der Waals surface area (Å²) in [4.78, 5) is 32.5. The molecule has 174 valence electrons. The van der Waals surface area contributed by atoms with Crippen LogP contribution in [0.5, 0.6) is 0 Å². The van der Waals surface area contributed by atoms with Crippen LogP contribution in [0.15, 0.2) is 54.0 Å². The zero-order valence-electron chi connectivity index (χ0n) is 19.3. The molecular weight excluding hydrogens is 448 g/mol. The number of carbonyl (C=O) groups is 2. The lowest BCUT2D eigenvalue weighted by Gasteiger charge is -2.05. The third-order valence-electron chi connectivity index (χ3n) is 5.23. The number of nitrogens with one attached hydrogen (secondary N) is 2. The number of hydrogen-bond donors (Lipinski definition) is 2. The van der Waals surface area contributed by atoms with Crippen LogP contribution in [0.1, 0.15) is 40.7 Å². The highest BCUT2D eigenvalue weighted by Crippen LogP contribution is 2.26. The van der Waals surface area contributed by atoms with Gasteiger partial charge in [0, 0.05) is 36.3 Å². The fourth-order valence-corrected chi connectivity index (χ4v) is 4.25. The average Bonchev–Trinajstić information content (AvgIpc) is 3.42. The summed E-state index contributed by atoms with van der Waals surface area (Å²) < 4.78 is 1.75. The molecule has 3 heterocycles. The van der Waals surface area contributed by atoms with Crippen LogP contribution in [0, 0.1) is 13.8 Å². The number of anilines is 1. The van der Waals surface area contributed by atoms with Gasteiger partial charge in [-0.3, -0.25) is 14.9 Å². The highest BCUT2D eigenvalue weighted by molar-refractivity contribution is 7.14. The van der Waals surface area contributed by atoms with E-state index in [9.17, 15) is 9.59 Å². The Morgan fingerprint density at radius 3 is 2.53 bits per heavy atom. The average molecular weight is 475 g/mol. The van der Waals surface area contributed by atoms with Gasteiger partial charge in [0.25, 0.3) is 5.91 Å². The van der Waals surface area contributed by atoms with Gasteiger partial charge in [0.1, 0.15) is 0 Å². The number of hydrogen-bond acceptors (Lipinski definition) is 6. The van der Waals surface area contributed by atoms with Gasteiger partial charge >= 0.3 is 0 Å². The lowest BCUT2D eigenvalue weighted by Crippen LogP contribution is -2.21. The second-order valence-corrected chi connectivity index (χ2v) is 8.88. The second kappa shape index (κ2) is 10.4. The number of thiazole rings is 1. The Morgan fingerprint density at radius 1 is 1.09 bits per heavy atom. The summed E-state index contributed by atoms with van der Waals surface area (Å²) >= 11 is 1.38. The van der Waals surface area contributed by atoms with Gasteiger partial charge in [-0.05, 0) is 50.5 Å². The van der Waals surface area contributed by atoms with Gasteiger partial charge in [-0.2, -0.15) is 5.10 Å². The van der Waals surface area contributed by atoms with Gasteiger partial charge in [-0.15, -0.1) is 11.3 Å². The van der Waals surface area contributed by atoms with Crippen molar-refractivity contribution in [3.63, 3.8) is 0 Å². The molecule has 0 aliphatic carbocycles. The van der Waals surface area contributed by atoms with E-state index in [4.69, 9.17) is 0 Å². The fraction of sp³-hybridized carbons (Fsp3) is 0.240. The minimum Gasteiger partial charge on any atom is -0.356 e. The molecule has 4 aromatic rings. The smallest absolute Gasteiger partial charge is 0.259 e. The Hall–Kier alpha value is -3.85. The van der Waals surface area contributed by atoms with Crippen molar-refractivity contribution >= 4 is 28.3 Å². The van der Waals surface area contributed by atoms with E-state index in [2.05, 4.69) is 37.8 Å². The van der Waals surface area contributed by atoms with Gasteiger partial charge in [0.2, 0.25) is 5.91 Å². The molecule has 0 bridgehead atoms. The molecule has 2 N–H and O–H groups in total. The summed E-state index contributed by atoms with van der Waals surface area (Å²) in [7, 11) is 0. The van der Waals surface area contributed by atoms with Crippen molar-refractivity contribution in [1.82, 2.24) is 25.1 Å². The predicted octanol–water partition coefficient (Wildman–Crippen LogP) is 4.33. The number of nitrogens with zero attached hydrogens (tertiary/aromatic N) is 4. The van der Waals surface area contributed by atoms with Crippen LogP contribution in [-0.4, -0.2) is 38.1 Å². The van der Waals surface area contributed by atoms with Crippen molar-refractivity contribution in [2.75, 3.05) is 11.9 Å². The third kappa shape index (κ3) is 5.74. The van der Waals surface area contributed by atoms with Gasteiger partial charge in [-0.25, -0.2) is 14.6 Å². The Labute approximate surface area is 202 Å². The standard InChI is InChI=1S/C25H26N6O2S/c1-16-13-17(2)31(30-16)23-11-10-21(14-27-23)24(33)29-25-28-22(15-34-25)20-8-6-19(7-9-20)5-4-12-26-18(3)32/h6-11,13-15H,4-5,12H2,1-3H3,(H,26,32)(H,28,29,33). The maximum atomic E-state index is 12.7. The van der Waals surface area contributed by atoms with Gasteiger partial charge in [0.15, 0.2) is 10.9 Å². The van der Waals surface area contributed by atoms with E-state index < -0.39 is 0 Å². The minimum absolute atomic E-state index is 0.00515. The zero-order valence-corrected chi connectivity index (χ0v) is 20.1. The SMILES string of the molecule is CC(=O)NCCCc1ccc(-c2csc(NC(=O)c3ccc(-n4nc(C)cc4C)nc3)n2)cc1. The van der Waals surface area contributed by atoms with Crippen molar-refractivity contribution in [2.45, 2.75) is 33.6 Å². The van der Waals surface area contributed by atoms with Crippen LogP contribution in [0.25, 0.3) is 17.1 Å². The molecule has 0 atom stereocenters. The molecule has 0 fully saturated rings. The molecule has 2 amide bonds. The maximum absolute atomic E-state index is 12.7. The van der Waals surface area contributed by atoms with E-state index in [1.165, 1.54) is 23.8 Å². The molecular formula is C25H26N6O2S. The van der Waals surface area contributed by atoms with E-state index >= 15 is 0 Å². The van der Waals surface area contributed by atoms with Gasteiger partial charge in [-0.1, -0.05) is 24.3 Å². The van der Waals surface area contributed by atoms with Crippen molar-refractivity contribution in [2.24, 2.45) is 0 Å². The summed E-state index contributed by atoms with van der Waals surface area (Å²) in [5, 5.41) is 12.5. The zero-order chi connectivity index (χ0) is 24.1.